The van der Waals surface area contributed by atoms with Crippen molar-refractivity contribution in [2.24, 2.45) is 5.73 Å². The molecule has 0 fully saturated rings. The Bertz CT molecular complexity index is 252. The summed E-state index contributed by atoms with van der Waals surface area (Å²) >= 11 is 0. The Hall–Kier alpha value is -0.170. The van der Waals surface area contributed by atoms with E-state index < -0.39 is 10.0 Å². The van der Waals surface area contributed by atoms with E-state index in [2.05, 4.69) is 0 Å². The minimum Gasteiger partial charge on any atom is -0.385 e. The van der Waals surface area contributed by atoms with E-state index in [9.17, 15) is 8.42 Å². The molecule has 0 bridgehead atoms. The molecule has 0 aliphatic heterocycles. The average molecular weight is 238 g/mol. The maximum Gasteiger partial charge on any atom is 0.213 e. The van der Waals surface area contributed by atoms with Gasteiger partial charge < -0.3 is 10.5 Å². The Morgan fingerprint density at radius 2 is 2.07 bits per heavy atom. The van der Waals surface area contributed by atoms with Crippen molar-refractivity contribution < 1.29 is 13.2 Å². The molecule has 0 saturated heterocycles. The third-order valence-electron chi connectivity index (χ3n) is 2.12. The Morgan fingerprint density at radius 3 is 2.53 bits per heavy atom. The third kappa shape index (κ3) is 6.83. The summed E-state index contributed by atoms with van der Waals surface area (Å²) in [6.45, 7) is 2.82. The molecule has 1 atom stereocenters. The topological polar surface area (TPSA) is 72.6 Å². The van der Waals surface area contributed by atoms with E-state index >= 15 is 0 Å². The van der Waals surface area contributed by atoms with E-state index in [1.165, 1.54) is 4.31 Å². The van der Waals surface area contributed by atoms with E-state index in [-0.39, 0.29) is 11.8 Å². The van der Waals surface area contributed by atoms with Crippen molar-refractivity contribution in [1.82, 2.24) is 4.31 Å². The van der Waals surface area contributed by atoms with Crippen LogP contribution < -0.4 is 5.73 Å². The SMILES string of the molecule is COCCCS(=O)(=O)N(C)CCC(C)N. The number of hydrogen-bond acceptors (Lipinski definition) is 4. The fraction of sp³-hybridized carbons (Fsp3) is 1.00. The molecular formula is C9H22N2O3S. The molecule has 0 saturated carbocycles. The zero-order valence-electron chi connectivity index (χ0n) is 9.77. The zero-order valence-corrected chi connectivity index (χ0v) is 10.6. The molecule has 2 N–H and O–H groups in total. The standard InChI is InChI=1S/C9H22N2O3S/c1-9(10)5-6-11(2)15(12,13)8-4-7-14-3/h9H,4-8,10H2,1-3H3. The molecule has 92 valence electrons. The molecule has 0 spiro atoms. The van der Waals surface area contributed by atoms with Crippen molar-refractivity contribution in [3.63, 3.8) is 0 Å². The molecule has 1 unspecified atom stereocenters. The highest BCUT2D eigenvalue weighted by atomic mass is 32.2. The summed E-state index contributed by atoms with van der Waals surface area (Å²) in [4.78, 5) is 0. The van der Waals surface area contributed by atoms with Gasteiger partial charge in [0.1, 0.15) is 0 Å². The van der Waals surface area contributed by atoms with Crippen LogP contribution in [0, 0.1) is 0 Å². The summed E-state index contributed by atoms with van der Waals surface area (Å²) in [6, 6.07) is 0.0293. The number of nitrogens with two attached hydrogens (primary N) is 1. The lowest BCUT2D eigenvalue weighted by Gasteiger charge is -2.17. The number of ether oxygens (including phenoxy) is 1. The minimum atomic E-state index is -3.13. The van der Waals surface area contributed by atoms with E-state index in [1.54, 1.807) is 14.2 Å². The molecule has 0 amide bonds. The van der Waals surface area contributed by atoms with Crippen LogP contribution in [-0.2, 0) is 14.8 Å². The molecule has 0 aliphatic rings. The Morgan fingerprint density at radius 1 is 1.47 bits per heavy atom. The molecule has 0 aromatic rings. The van der Waals surface area contributed by atoms with Gasteiger partial charge in [-0.3, -0.25) is 0 Å². The molecule has 15 heavy (non-hydrogen) atoms. The number of sulfonamides is 1. The summed E-state index contributed by atoms with van der Waals surface area (Å²) < 4.78 is 29.5. The molecule has 0 radical (unpaired) electrons. The Kier molecular flexibility index (Phi) is 7.08. The highest BCUT2D eigenvalue weighted by Crippen LogP contribution is 2.02. The smallest absolute Gasteiger partial charge is 0.213 e. The summed E-state index contributed by atoms with van der Waals surface area (Å²) in [6.07, 6.45) is 1.21. The van der Waals surface area contributed by atoms with Crippen LogP contribution in [0.15, 0.2) is 0 Å². The van der Waals surface area contributed by atoms with Gasteiger partial charge in [-0.05, 0) is 19.8 Å². The molecular weight excluding hydrogens is 216 g/mol. The predicted molar refractivity (Wildman–Crippen MR) is 61.2 cm³/mol. The lowest BCUT2D eigenvalue weighted by molar-refractivity contribution is 0.199. The molecule has 6 heteroatoms. The second kappa shape index (κ2) is 7.16. The molecule has 5 nitrogen and oxygen atoms in total. The van der Waals surface area contributed by atoms with Crippen molar-refractivity contribution in [1.29, 1.82) is 0 Å². The first-order valence-corrected chi connectivity index (χ1v) is 6.69. The van der Waals surface area contributed by atoms with Gasteiger partial charge in [0.15, 0.2) is 0 Å². The molecule has 0 rings (SSSR count). The number of hydrogen-bond donors (Lipinski definition) is 1. The average Bonchev–Trinajstić information content (AvgIpc) is 2.14. The maximum atomic E-state index is 11.6. The lowest BCUT2D eigenvalue weighted by Crippen LogP contribution is -2.33. The molecule has 0 aromatic heterocycles. The van der Waals surface area contributed by atoms with Crippen LogP contribution in [0.2, 0.25) is 0 Å². The second-order valence-electron chi connectivity index (χ2n) is 3.75. The van der Waals surface area contributed by atoms with Crippen molar-refractivity contribution in [2.75, 3.05) is 33.1 Å². The normalized spacial score (nSPS) is 14.5. The third-order valence-corrected chi connectivity index (χ3v) is 4.06. The summed E-state index contributed by atoms with van der Waals surface area (Å²) in [5.41, 5.74) is 5.56. The van der Waals surface area contributed by atoms with Crippen LogP contribution in [0.1, 0.15) is 19.8 Å². The molecule has 0 aromatic carbocycles. The van der Waals surface area contributed by atoms with Gasteiger partial charge in [-0.25, -0.2) is 12.7 Å². The quantitative estimate of drug-likeness (QED) is 0.605. The molecule has 0 heterocycles. The van der Waals surface area contributed by atoms with Crippen molar-refractivity contribution in [3.8, 4) is 0 Å². The molecule has 0 aliphatic carbocycles. The first-order valence-electron chi connectivity index (χ1n) is 5.08. The monoisotopic (exact) mass is 238 g/mol. The fourth-order valence-electron chi connectivity index (χ4n) is 1.07. The number of methoxy groups -OCH3 is 1. The second-order valence-corrected chi connectivity index (χ2v) is 5.95. The van der Waals surface area contributed by atoms with Gasteiger partial charge in [-0.1, -0.05) is 0 Å². The van der Waals surface area contributed by atoms with Crippen LogP contribution in [0.4, 0.5) is 0 Å². The van der Waals surface area contributed by atoms with Crippen LogP contribution in [0.3, 0.4) is 0 Å². The zero-order chi connectivity index (χ0) is 11.9. The van der Waals surface area contributed by atoms with E-state index in [0.29, 0.717) is 26.0 Å². The van der Waals surface area contributed by atoms with Crippen molar-refractivity contribution in [3.05, 3.63) is 0 Å². The van der Waals surface area contributed by atoms with Crippen LogP contribution in [-0.4, -0.2) is 51.8 Å². The maximum absolute atomic E-state index is 11.6. The highest BCUT2D eigenvalue weighted by molar-refractivity contribution is 7.89. The summed E-state index contributed by atoms with van der Waals surface area (Å²) in [7, 11) is 0.0193. The van der Waals surface area contributed by atoms with Crippen molar-refractivity contribution >= 4 is 10.0 Å². The summed E-state index contributed by atoms with van der Waals surface area (Å²) in [5.74, 6) is 0.135. The van der Waals surface area contributed by atoms with Crippen molar-refractivity contribution in [2.45, 2.75) is 25.8 Å². The number of nitrogens with zero attached hydrogens (tertiary/aromatic N) is 1. The van der Waals surface area contributed by atoms with Crippen LogP contribution in [0.5, 0.6) is 0 Å². The van der Waals surface area contributed by atoms with Gasteiger partial charge in [0.2, 0.25) is 10.0 Å². The van der Waals surface area contributed by atoms with Gasteiger partial charge in [0.25, 0.3) is 0 Å². The van der Waals surface area contributed by atoms with Crippen LogP contribution >= 0.6 is 0 Å². The van der Waals surface area contributed by atoms with E-state index in [4.69, 9.17) is 10.5 Å². The largest absolute Gasteiger partial charge is 0.385 e. The Balaban J connectivity index is 3.97. The first kappa shape index (κ1) is 14.8. The van der Waals surface area contributed by atoms with E-state index in [0.717, 1.165) is 0 Å². The number of rotatable bonds is 8. The van der Waals surface area contributed by atoms with E-state index in [1.807, 2.05) is 6.92 Å². The minimum absolute atomic E-state index is 0.0293. The highest BCUT2D eigenvalue weighted by Gasteiger charge is 2.16. The van der Waals surface area contributed by atoms with Gasteiger partial charge in [-0.15, -0.1) is 0 Å². The Labute approximate surface area is 92.6 Å². The lowest BCUT2D eigenvalue weighted by atomic mass is 10.2. The van der Waals surface area contributed by atoms with Gasteiger partial charge >= 0.3 is 0 Å². The van der Waals surface area contributed by atoms with Crippen LogP contribution in [0.25, 0.3) is 0 Å². The predicted octanol–water partition coefficient (Wildman–Crippen LogP) is 0.0218. The van der Waals surface area contributed by atoms with Gasteiger partial charge in [0.05, 0.1) is 5.75 Å². The van der Waals surface area contributed by atoms with Gasteiger partial charge in [0, 0.05) is 33.4 Å². The van der Waals surface area contributed by atoms with Gasteiger partial charge in [-0.2, -0.15) is 0 Å². The first-order chi connectivity index (χ1) is 6.90. The fourth-order valence-corrected chi connectivity index (χ4v) is 2.24. The summed E-state index contributed by atoms with van der Waals surface area (Å²) in [5, 5.41) is 0.